The molecular formula is C22H23B5ClF2N3O4. The van der Waals surface area contributed by atoms with Crippen molar-refractivity contribution in [1.29, 1.82) is 0 Å². The van der Waals surface area contributed by atoms with Crippen molar-refractivity contribution in [2.45, 2.75) is 34.9 Å². The van der Waals surface area contributed by atoms with Crippen LogP contribution in [-0.2, 0) is 32.2 Å². The molecule has 4 amide bonds. The van der Waals surface area contributed by atoms with Gasteiger partial charge in [0.15, 0.2) is 0 Å². The van der Waals surface area contributed by atoms with Crippen LogP contribution in [0.25, 0.3) is 0 Å². The molecule has 2 heterocycles. The van der Waals surface area contributed by atoms with E-state index in [-0.39, 0.29) is 23.9 Å². The smallest absolute Gasteiger partial charge is 0.349 e. The van der Waals surface area contributed by atoms with Gasteiger partial charge in [-0.1, -0.05) is 41.1 Å². The van der Waals surface area contributed by atoms with Crippen LogP contribution in [0.4, 0.5) is 8.78 Å². The molecule has 2 aliphatic rings. The molecule has 7 nitrogen and oxygen atoms in total. The lowest BCUT2D eigenvalue weighted by molar-refractivity contribution is -0.147. The van der Waals surface area contributed by atoms with Gasteiger partial charge in [0, 0.05) is 34.5 Å². The normalized spacial score (nSPS) is 21.4. The van der Waals surface area contributed by atoms with Crippen molar-refractivity contribution in [2.75, 3.05) is 0 Å². The number of piperidine rings is 1. The Kier molecular flexibility index (Phi) is 6.42. The molecule has 2 aliphatic heterocycles. The van der Waals surface area contributed by atoms with Gasteiger partial charge in [0.25, 0.3) is 11.8 Å². The average molecular weight is 521 g/mol. The van der Waals surface area contributed by atoms with Crippen LogP contribution in [0.15, 0.2) is 42.5 Å². The lowest BCUT2D eigenvalue weighted by Crippen LogP contribution is -2.70. The van der Waals surface area contributed by atoms with Crippen LogP contribution >= 0.6 is 11.6 Å². The van der Waals surface area contributed by atoms with E-state index in [0.29, 0.717) is 16.7 Å². The summed E-state index contributed by atoms with van der Waals surface area (Å²) in [6, 6.07) is 9.62. The fraction of sp³-hybridized carbons (Fsp3) is 0.273. The summed E-state index contributed by atoms with van der Waals surface area (Å²) in [5.74, 6) is -6.58. The molecule has 37 heavy (non-hydrogen) atoms. The molecule has 0 spiro atoms. The molecule has 0 aliphatic carbocycles. The van der Waals surface area contributed by atoms with Crippen molar-refractivity contribution in [3.63, 3.8) is 0 Å². The maximum atomic E-state index is 14.9. The summed E-state index contributed by atoms with van der Waals surface area (Å²) in [5.41, 5.74) is -0.300. The first-order chi connectivity index (χ1) is 17.0. The van der Waals surface area contributed by atoms with E-state index < -0.39 is 45.2 Å². The highest BCUT2D eigenvalue weighted by Gasteiger charge is 2.57. The van der Waals surface area contributed by atoms with Crippen molar-refractivity contribution in [1.82, 2.24) is 15.5 Å². The van der Waals surface area contributed by atoms with Gasteiger partial charge in [-0.2, -0.15) is 8.78 Å². The summed E-state index contributed by atoms with van der Waals surface area (Å²) < 4.78 is 29.7. The number of hydrogen-bond acceptors (Lipinski definition) is 4. The highest BCUT2D eigenvalue weighted by molar-refractivity contribution is 6.52. The second-order valence-electron chi connectivity index (χ2n) is 10.9. The third-order valence-electron chi connectivity index (χ3n) is 7.70. The Labute approximate surface area is 222 Å². The predicted octanol–water partition coefficient (Wildman–Crippen LogP) is -2.66. The van der Waals surface area contributed by atoms with Gasteiger partial charge in [0.1, 0.15) is 39.2 Å². The monoisotopic (exact) mass is 521 g/mol. The SMILES string of the molecule is BC(B)(NC(=O)C(F)(F)c1ccc(Cl)cc1)c1ccc2c(c1)CN(C1(B)C(=O)NC(=O)CC1(B)B)C2=O. The van der Waals surface area contributed by atoms with Crippen molar-refractivity contribution in [3.05, 3.63) is 69.7 Å². The number of nitrogens with one attached hydrogen (secondary N) is 2. The fourth-order valence-electron chi connectivity index (χ4n) is 4.96. The first kappa shape index (κ1) is 27.0. The first-order valence-electron chi connectivity index (χ1n) is 11.8. The Balaban J connectivity index is 1.60. The number of rotatable bonds is 5. The minimum Gasteiger partial charge on any atom is -0.357 e. The fourth-order valence-corrected chi connectivity index (χ4v) is 5.08. The highest BCUT2D eigenvalue weighted by Crippen LogP contribution is 2.44. The van der Waals surface area contributed by atoms with Crippen LogP contribution in [0.5, 0.6) is 0 Å². The van der Waals surface area contributed by atoms with E-state index in [9.17, 15) is 28.0 Å². The molecule has 1 atom stereocenters. The van der Waals surface area contributed by atoms with Crippen LogP contribution in [0, 0.1) is 0 Å². The number of carbonyl (C=O) groups excluding carboxylic acids is 4. The Bertz CT molecular complexity index is 1340. The summed E-state index contributed by atoms with van der Waals surface area (Å²) in [7, 11) is 8.35. The highest BCUT2D eigenvalue weighted by atomic mass is 35.5. The molecule has 2 aromatic rings. The van der Waals surface area contributed by atoms with Crippen molar-refractivity contribution >= 4 is 74.5 Å². The minimum absolute atomic E-state index is 0.0709. The Morgan fingerprint density at radius 2 is 1.62 bits per heavy atom. The van der Waals surface area contributed by atoms with Crippen molar-refractivity contribution in [3.8, 4) is 0 Å². The van der Waals surface area contributed by atoms with Crippen LogP contribution in [0.3, 0.4) is 0 Å². The molecule has 0 aromatic heterocycles. The summed E-state index contributed by atoms with van der Waals surface area (Å²) >= 11 is 5.77. The van der Waals surface area contributed by atoms with Crippen LogP contribution in [-0.4, -0.2) is 73.2 Å². The molecule has 1 saturated heterocycles. The third-order valence-corrected chi connectivity index (χ3v) is 7.96. The molecule has 0 bridgehead atoms. The molecule has 186 valence electrons. The van der Waals surface area contributed by atoms with E-state index in [0.717, 1.165) is 12.1 Å². The number of carbonyl (C=O) groups is 4. The maximum Gasteiger partial charge on any atom is 0.349 e. The Morgan fingerprint density at radius 1 is 1.03 bits per heavy atom. The summed E-state index contributed by atoms with van der Waals surface area (Å²) in [4.78, 5) is 52.4. The van der Waals surface area contributed by atoms with E-state index in [2.05, 4.69) is 10.6 Å². The zero-order chi connectivity index (χ0) is 27.6. The minimum atomic E-state index is -3.79. The van der Waals surface area contributed by atoms with Crippen molar-refractivity contribution < 1.29 is 28.0 Å². The van der Waals surface area contributed by atoms with E-state index in [4.69, 9.17) is 11.6 Å². The van der Waals surface area contributed by atoms with Gasteiger partial charge in [-0.05, 0) is 29.3 Å². The topological polar surface area (TPSA) is 95.6 Å². The Hall–Kier alpha value is -3.01. The number of nitrogens with zero attached hydrogens (tertiary/aromatic N) is 1. The molecule has 1 fully saturated rings. The Morgan fingerprint density at radius 3 is 2.22 bits per heavy atom. The number of fused-ring (bicyclic) bond motifs is 1. The van der Waals surface area contributed by atoms with E-state index >= 15 is 0 Å². The molecule has 15 heteroatoms. The number of benzene rings is 2. The van der Waals surface area contributed by atoms with E-state index in [1.165, 1.54) is 17.0 Å². The molecule has 4 rings (SSSR count). The van der Waals surface area contributed by atoms with Gasteiger partial charge in [0.05, 0.1) is 5.44 Å². The number of halogens is 3. The van der Waals surface area contributed by atoms with Gasteiger partial charge in [0.2, 0.25) is 11.8 Å². The van der Waals surface area contributed by atoms with Gasteiger partial charge in [-0.15, -0.1) is 0 Å². The van der Waals surface area contributed by atoms with Gasteiger partial charge >= 0.3 is 5.92 Å². The second-order valence-corrected chi connectivity index (χ2v) is 11.4. The number of hydrogen-bond donors (Lipinski definition) is 2. The van der Waals surface area contributed by atoms with Gasteiger partial charge in [-0.3, -0.25) is 24.5 Å². The zero-order valence-electron chi connectivity index (χ0n) is 21.2. The second kappa shape index (κ2) is 8.79. The molecule has 2 N–H and O–H groups in total. The van der Waals surface area contributed by atoms with Gasteiger partial charge in [-0.25, -0.2) is 0 Å². The van der Waals surface area contributed by atoms with Crippen molar-refractivity contribution in [2.24, 2.45) is 0 Å². The molecular weight excluding hydrogens is 498 g/mol. The average Bonchev–Trinajstić information content (AvgIpc) is 3.13. The first-order valence-corrected chi connectivity index (χ1v) is 12.1. The van der Waals surface area contributed by atoms with E-state index in [1.54, 1.807) is 57.4 Å². The zero-order valence-corrected chi connectivity index (χ0v) is 21.9. The van der Waals surface area contributed by atoms with Crippen LogP contribution < -0.4 is 10.6 Å². The summed E-state index contributed by atoms with van der Waals surface area (Å²) in [6.45, 7) is 0.0918. The number of imide groups is 1. The molecule has 2 aromatic carbocycles. The third kappa shape index (κ3) is 4.39. The van der Waals surface area contributed by atoms with E-state index in [1.807, 2.05) is 0 Å². The lowest BCUT2D eigenvalue weighted by Gasteiger charge is -2.51. The standard InChI is InChI=1S/C22H23B5ClF2N3O4/c23-19(24)8-15(34)31-18(37)21(19,25)33-9-10-7-12(3-6-14(10)16(33)35)22(26,27)32-17(36)20(29,30)11-1-4-13(28)5-2-11/h1-7H,8-9,23-27H2,(H,32,36)(H,31,34,37). The number of alkyl halides is 2. The maximum absolute atomic E-state index is 14.9. The quantitative estimate of drug-likeness (QED) is 0.332. The molecule has 1 unspecified atom stereocenters. The van der Waals surface area contributed by atoms with Crippen LogP contribution in [0.2, 0.25) is 10.2 Å². The lowest BCUT2D eigenvalue weighted by atomic mass is 9.36. The van der Waals surface area contributed by atoms with Gasteiger partial charge < -0.3 is 10.2 Å². The molecule has 0 saturated carbocycles. The van der Waals surface area contributed by atoms with Crippen LogP contribution in [0.1, 0.15) is 33.5 Å². The predicted molar refractivity (Wildman–Crippen MR) is 147 cm³/mol. The summed E-state index contributed by atoms with van der Waals surface area (Å²) in [6.07, 6.45) is 0.0709. The number of amides is 4. The largest absolute Gasteiger partial charge is 0.357 e. The summed E-state index contributed by atoms with van der Waals surface area (Å²) in [5, 5.41) is 2.99. The molecule has 0 radical (unpaired) electrons.